The minimum absolute atomic E-state index is 0.268. The standard InChI is InChI=1S/C14H26N6O/c1-3-16-14(2,13(15)21)6-4-5-7-19-8-9-20-11-17-18-12(20)10-19/h11,16H,3-10H2,1-2H3,(H2,15,21). The SMILES string of the molecule is CCNC(C)(CCCCN1CCn2cnnc2C1)C(N)=O. The number of carbonyl (C=O) groups is 1. The Labute approximate surface area is 125 Å². The molecular weight excluding hydrogens is 268 g/mol. The van der Waals surface area contributed by atoms with E-state index in [-0.39, 0.29) is 5.91 Å². The zero-order valence-electron chi connectivity index (χ0n) is 13.0. The van der Waals surface area contributed by atoms with Gasteiger partial charge in [-0.2, -0.15) is 0 Å². The lowest BCUT2D eigenvalue weighted by Crippen LogP contribution is -2.53. The highest BCUT2D eigenvalue weighted by molar-refractivity contribution is 5.84. The van der Waals surface area contributed by atoms with Gasteiger partial charge in [-0.1, -0.05) is 6.92 Å². The number of nitrogens with zero attached hydrogens (tertiary/aromatic N) is 4. The van der Waals surface area contributed by atoms with E-state index in [2.05, 4.69) is 25.0 Å². The van der Waals surface area contributed by atoms with Crippen molar-refractivity contribution in [3.8, 4) is 0 Å². The molecule has 2 heterocycles. The van der Waals surface area contributed by atoms with Crippen molar-refractivity contribution in [2.75, 3.05) is 19.6 Å². The second-order valence-corrected chi connectivity index (χ2v) is 5.90. The number of primary amides is 1. The van der Waals surface area contributed by atoms with E-state index < -0.39 is 5.54 Å². The van der Waals surface area contributed by atoms with Crippen LogP contribution in [0.1, 0.15) is 38.9 Å². The van der Waals surface area contributed by atoms with Crippen LogP contribution < -0.4 is 11.1 Å². The maximum Gasteiger partial charge on any atom is 0.237 e. The molecule has 1 amide bonds. The molecule has 0 bridgehead atoms. The lowest BCUT2D eigenvalue weighted by atomic mass is 9.94. The minimum Gasteiger partial charge on any atom is -0.368 e. The maximum absolute atomic E-state index is 11.5. The van der Waals surface area contributed by atoms with Crippen molar-refractivity contribution < 1.29 is 4.79 Å². The van der Waals surface area contributed by atoms with Gasteiger partial charge in [-0.15, -0.1) is 10.2 Å². The van der Waals surface area contributed by atoms with E-state index in [0.717, 1.165) is 57.8 Å². The van der Waals surface area contributed by atoms with Crippen LogP contribution in [0.25, 0.3) is 0 Å². The third kappa shape index (κ3) is 4.01. The summed E-state index contributed by atoms with van der Waals surface area (Å²) >= 11 is 0. The Bertz CT molecular complexity index is 474. The van der Waals surface area contributed by atoms with Gasteiger partial charge in [0.15, 0.2) is 0 Å². The number of hydrogen-bond acceptors (Lipinski definition) is 5. The first kappa shape index (κ1) is 15.9. The second-order valence-electron chi connectivity index (χ2n) is 5.90. The van der Waals surface area contributed by atoms with Crippen LogP contribution in [0.5, 0.6) is 0 Å². The molecule has 1 atom stereocenters. The van der Waals surface area contributed by atoms with E-state index in [1.807, 2.05) is 13.8 Å². The van der Waals surface area contributed by atoms with Gasteiger partial charge in [0.25, 0.3) is 0 Å². The van der Waals surface area contributed by atoms with Gasteiger partial charge in [-0.3, -0.25) is 9.69 Å². The zero-order chi connectivity index (χ0) is 15.3. The van der Waals surface area contributed by atoms with Crippen molar-refractivity contribution in [1.29, 1.82) is 0 Å². The summed E-state index contributed by atoms with van der Waals surface area (Å²) in [7, 11) is 0. The summed E-state index contributed by atoms with van der Waals surface area (Å²) in [6.45, 7) is 8.51. The number of nitrogens with two attached hydrogens (primary N) is 1. The van der Waals surface area contributed by atoms with Crippen LogP contribution in [0.2, 0.25) is 0 Å². The number of carbonyl (C=O) groups excluding carboxylic acids is 1. The molecule has 1 aliphatic heterocycles. The summed E-state index contributed by atoms with van der Waals surface area (Å²) in [5.41, 5.74) is 4.91. The Kier molecular flexibility index (Phi) is 5.30. The van der Waals surface area contributed by atoms with Crippen molar-refractivity contribution in [2.45, 2.75) is 51.7 Å². The van der Waals surface area contributed by atoms with Crippen LogP contribution in [-0.2, 0) is 17.9 Å². The molecule has 1 aromatic heterocycles. The summed E-state index contributed by atoms with van der Waals surface area (Å²) in [4.78, 5) is 13.9. The minimum atomic E-state index is -0.586. The van der Waals surface area contributed by atoms with Gasteiger partial charge in [-0.05, 0) is 39.3 Å². The zero-order valence-corrected chi connectivity index (χ0v) is 13.0. The molecule has 0 spiro atoms. The van der Waals surface area contributed by atoms with Crippen LogP contribution in [0, 0.1) is 0 Å². The quantitative estimate of drug-likeness (QED) is 0.665. The molecule has 2 rings (SSSR count). The monoisotopic (exact) mass is 294 g/mol. The molecule has 0 fully saturated rings. The van der Waals surface area contributed by atoms with Crippen LogP contribution in [0.3, 0.4) is 0 Å². The molecule has 0 saturated carbocycles. The lowest BCUT2D eigenvalue weighted by molar-refractivity contribution is -0.124. The van der Waals surface area contributed by atoms with E-state index in [0.29, 0.717) is 0 Å². The molecule has 118 valence electrons. The Hall–Kier alpha value is -1.47. The van der Waals surface area contributed by atoms with Crippen LogP contribution in [-0.4, -0.2) is 50.7 Å². The van der Waals surface area contributed by atoms with E-state index in [1.165, 1.54) is 0 Å². The first-order valence-electron chi connectivity index (χ1n) is 7.69. The average molecular weight is 294 g/mol. The van der Waals surface area contributed by atoms with Gasteiger partial charge in [-0.25, -0.2) is 0 Å². The number of fused-ring (bicyclic) bond motifs is 1. The number of unbranched alkanes of at least 4 members (excludes halogenated alkanes) is 1. The Morgan fingerprint density at radius 2 is 2.29 bits per heavy atom. The summed E-state index contributed by atoms with van der Waals surface area (Å²) < 4.78 is 2.10. The molecule has 0 aliphatic carbocycles. The molecule has 7 nitrogen and oxygen atoms in total. The van der Waals surface area contributed by atoms with E-state index in [1.54, 1.807) is 6.33 Å². The lowest BCUT2D eigenvalue weighted by Gasteiger charge is -2.29. The summed E-state index contributed by atoms with van der Waals surface area (Å²) in [6.07, 6.45) is 4.61. The third-order valence-corrected chi connectivity index (χ3v) is 4.23. The van der Waals surface area contributed by atoms with Gasteiger partial charge in [0.05, 0.1) is 12.1 Å². The van der Waals surface area contributed by atoms with Crippen LogP contribution in [0.15, 0.2) is 6.33 Å². The van der Waals surface area contributed by atoms with E-state index in [4.69, 9.17) is 5.73 Å². The molecule has 0 radical (unpaired) electrons. The van der Waals surface area contributed by atoms with Crippen molar-refractivity contribution in [3.05, 3.63) is 12.2 Å². The highest BCUT2D eigenvalue weighted by Crippen LogP contribution is 2.15. The molecular formula is C14H26N6O. The number of amides is 1. The molecule has 3 N–H and O–H groups in total. The summed E-state index contributed by atoms with van der Waals surface area (Å²) in [5, 5.41) is 11.3. The number of hydrogen-bond donors (Lipinski definition) is 2. The smallest absolute Gasteiger partial charge is 0.237 e. The highest BCUT2D eigenvalue weighted by atomic mass is 16.1. The topological polar surface area (TPSA) is 89.1 Å². The molecule has 0 saturated heterocycles. The number of aromatic nitrogens is 3. The Morgan fingerprint density at radius 3 is 3.00 bits per heavy atom. The van der Waals surface area contributed by atoms with E-state index >= 15 is 0 Å². The third-order valence-electron chi connectivity index (χ3n) is 4.23. The largest absolute Gasteiger partial charge is 0.368 e. The summed E-state index contributed by atoms with van der Waals surface area (Å²) in [5.74, 6) is 0.770. The predicted octanol–water partition coefficient (Wildman–Crippen LogP) is 0.118. The fourth-order valence-corrected chi connectivity index (χ4v) is 2.81. The van der Waals surface area contributed by atoms with Gasteiger partial charge in [0.2, 0.25) is 5.91 Å². The van der Waals surface area contributed by atoms with Gasteiger partial charge >= 0.3 is 0 Å². The molecule has 1 unspecified atom stereocenters. The molecule has 21 heavy (non-hydrogen) atoms. The first-order chi connectivity index (χ1) is 10.0. The maximum atomic E-state index is 11.5. The highest BCUT2D eigenvalue weighted by Gasteiger charge is 2.29. The molecule has 1 aromatic rings. The van der Waals surface area contributed by atoms with Crippen molar-refractivity contribution >= 4 is 5.91 Å². The Morgan fingerprint density at radius 1 is 1.48 bits per heavy atom. The number of nitrogens with one attached hydrogen (secondary N) is 1. The Balaban J connectivity index is 1.71. The van der Waals surface area contributed by atoms with Crippen molar-refractivity contribution in [2.24, 2.45) is 5.73 Å². The van der Waals surface area contributed by atoms with Gasteiger partial charge in [0, 0.05) is 13.1 Å². The predicted molar refractivity (Wildman–Crippen MR) is 80.4 cm³/mol. The molecule has 1 aliphatic rings. The molecule has 0 aromatic carbocycles. The van der Waals surface area contributed by atoms with Gasteiger partial charge < -0.3 is 15.6 Å². The van der Waals surface area contributed by atoms with Crippen molar-refractivity contribution in [3.63, 3.8) is 0 Å². The number of rotatable bonds is 8. The average Bonchev–Trinajstić information content (AvgIpc) is 2.91. The summed E-state index contributed by atoms with van der Waals surface area (Å²) in [6, 6.07) is 0. The second kappa shape index (κ2) is 7.00. The van der Waals surface area contributed by atoms with E-state index in [9.17, 15) is 4.79 Å². The number of likely N-dealkylation sites (N-methyl/N-ethyl adjacent to an activating group) is 1. The fourth-order valence-electron chi connectivity index (χ4n) is 2.81. The molecule has 7 heteroatoms. The normalized spacial score (nSPS) is 18.2. The van der Waals surface area contributed by atoms with Crippen molar-refractivity contribution in [1.82, 2.24) is 25.0 Å². The fraction of sp³-hybridized carbons (Fsp3) is 0.786. The van der Waals surface area contributed by atoms with Crippen LogP contribution in [0.4, 0.5) is 0 Å². The van der Waals surface area contributed by atoms with Gasteiger partial charge in [0.1, 0.15) is 12.2 Å². The van der Waals surface area contributed by atoms with Crippen LogP contribution >= 0.6 is 0 Å². The first-order valence-corrected chi connectivity index (χ1v) is 7.69.